The number of hydrogen-bond acceptors (Lipinski definition) is 7. The van der Waals surface area contributed by atoms with Gasteiger partial charge in [0.1, 0.15) is 11.5 Å². The lowest BCUT2D eigenvalue weighted by molar-refractivity contribution is -0.118. The van der Waals surface area contributed by atoms with Crippen molar-refractivity contribution in [3.8, 4) is 23.0 Å². The molecule has 1 N–H and O–H groups in total. The molecule has 3 rings (SSSR count). The van der Waals surface area contributed by atoms with E-state index in [9.17, 15) is 9.00 Å². The number of nitrogens with one attached hydrogen (secondary N) is 1. The largest absolute Gasteiger partial charge is 0.493 e. The number of ether oxygens (including phenoxy) is 2. The van der Waals surface area contributed by atoms with E-state index in [4.69, 9.17) is 13.9 Å². The molecule has 1 aliphatic carbocycles. The zero-order chi connectivity index (χ0) is 23.6. The SMILES string of the molecule is COc1ccc(-c2nc(C[S@@](=O)CC(=O)NCCCSC3CCCCC3)c(C)o2)cc1OC. The fourth-order valence-corrected chi connectivity index (χ4v) is 6.22. The summed E-state index contributed by atoms with van der Waals surface area (Å²) in [5.41, 5.74) is 1.33. The van der Waals surface area contributed by atoms with Gasteiger partial charge in [0.15, 0.2) is 11.5 Å². The zero-order valence-corrected chi connectivity index (χ0v) is 21.3. The van der Waals surface area contributed by atoms with Gasteiger partial charge in [-0.15, -0.1) is 0 Å². The summed E-state index contributed by atoms with van der Waals surface area (Å²) in [7, 11) is 1.78. The van der Waals surface area contributed by atoms with Crippen LogP contribution in [0.2, 0.25) is 0 Å². The molecule has 1 amide bonds. The van der Waals surface area contributed by atoms with E-state index in [0.717, 1.165) is 23.0 Å². The van der Waals surface area contributed by atoms with Crippen molar-refractivity contribution in [3.63, 3.8) is 0 Å². The summed E-state index contributed by atoms with van der Waals surface area (Å²) in [5.74, 6) is 3.21. The van der Waals surface area contributed by atoms with Gasteiger partial charge in [-0.2, -0.15) is 11.8 Å². The highest BCUT2D eigenvalue weighted by Crippen LogP contribution is 2.33. The third kappa shape index (κ3) is 7.78. The molecule has 1 aromatic heterocycles. The molecule has 1 aromatic carbocycles. The molecule has 0 bridgehead atoms. The standard InChI is InChI=1S/C24H34N2O5S2/c1-17-20(26-24(31-17)18-10-11-21(29-2)22(14-18)30-3)15-33(28)16-23(27)25-12-7-13-32-19-8-5-4-6-9-19/h10-11,14,19H,4-9,12-13,15-16H2,1-3H3,(H,25,27)/t33-/m1/s1. The maximum Gasteiger partial charge on any atom is 0.232 e. The molecule has 0 aliphatic heterocycles. The first kappa shape index (κ1) is 25.6. The predicted octanol–water partition coefficient (Wildman–Crippen LogP) is 4.49. The molecule has 182 valence electrons. The van der Waals surface area contributed by atoms with E-state index in [-0.39, 0.29) is 17.4 Å². The van der Waals surface area contributed by atoms with Gasteiger partial charge in [-0.25, -0.2) is 4.98 Å². The molecule has 1 aliphatic rings. The first-order valence-corrected chi connectivity index (χ1v) is 14.0. The molecule has 33 heavy (non-hydrogen) atoms. The number of aryl methyl sites for hydroxylation is 1. The topological polar surface area (TPSA) is 90.7 Å². The zero-order valence-electron chi connectivity index (χ0n) is 19.7. The molecule has 9 heteroatoms. The average Bonchev–Trinajstić information content (AvgIpc) is 3.18. The maximum absolute atomic E-state index is 12.5. The van der Waals surface area contributed by atoms with Crippen LogP contribution in [-0.2, 0) is 21.3 Å². The molecule has 0 saturated heterocycles. The van der Waals surface area contributed by atoms with Gasteiger partial charge in [0, 0.05) is 28.2 Å². The number of hydrogen-bond donors (Lipinski definition) is 1. The van der Waals surface area contributed by atoms with Gasteiger partial charge in [-0.3, -0.25) is 9.00 Å². The van der Waals surface area contributed by atoms with E-state index in [2.05, 4.69) is 10.3 Å². The molecular formula is C24H34N2O5S2. The molecule has 1 atom stereocenters. The Bertz CT molecular complexity index is 941. The summed E-state index contributed by atoms with van der Waals surface area (Å²) in [6, 6.07) is 5.39. The smallest absolute Gasteiger partial charge is 0.232 e. The van der Waals surface area contributed by atoms with Crippen molar-refractivity contribution in [1.29, 1.82) is 0 Å². The van der Waals surface area contributed by atoms with Gasteiger partial charge < -0.3 is 19.2 Å². The van der Waals surface area contributed by atoms with Gasteiger partial charge in [0.05, 0.1) is 25.7 Å². The van der Waals surface area contributed by atoms with Crippen LogP contribution >= 0.6 is 11.8 Å². The summed E-state index contributed by atoms with van der Waals surface area (Å²) in [6.45, 7) is 2.41. The number of rotatable bonds is 12. The lowest BCUT2D eigenvalue weighted by Crippen LogP contribution is -2.30. The van der Waals surface area contributed by atoms with Crippen LogP contribution in [0.3, 0.4) is 0 Å². The van der Waals surface area contributed by atoms with Crippen LogP contribution < -0.4 is 14.8 Å². The summed E-state index contributed by atoms with van der Waals surface area (Å²) in [5, 5.41) is 3.68. The average molecular weight is 495 g/mol. The second kappa shape index (κ2) is 13.0. The van der Waals surface area contributed by atoms with Crippen LogP contribution in [0.1, 0.15) is 50.0 Å². The van der Waals surface area contributed by atoms with Crippen LogP contribution in [0.25, 0.3) is 11.5 Å². The normalized spacial score (nSPS) is 15.2. The van der Waals surface area contributed by atoms with Gasteiger partial charge in [-0.05, 0) is 50.1 Å². The van der Waals surface area contributed by atoms with E-state index in [0.29, 0.717) is 35.4 Å². The minimum atomic E-state index is -1.36. The lowest BCUT2D eigenvalue weighted by Gasteiger charge is -2.20. The number of aromatic nitrogens is 1. The number of oxazole rings is 1. The van der Waals surface area contributed by atoms with Crippen molar-refractivity contribution in [2.75, 3.05) is 32.3 Å². The Morgan fingerprint density at radius 3 is 2.70 bits per heavy atom. The van der Waals surface area contributed by atoms with Crippen LogP contribution in [0.5, 0.6) is 11.5 Å². The number of benzene rings is 1. The molecule has 1 fully saturated rings. The molecule has 0 radical (unpaired) electrons. The molecule has 0 spiro atoms. The van der Waals surface area contributed by atoms with Crippen molar-refractivity contribution in [2.45, 2.75) is 56.5 Å². The molecule has 1 saturated carbocycles. The minimum absolute atomic E-state index is 0.0340. The minimum Gasteiger partial charge on any atom is -0.493 e. The summed E-state index contributed by atoms with van der Waals surface area (Å²) in [4.78, 5) is 16.7. The van der Waals surface area contributed by atoms with Gasteiger partial charge >= 0.3 is 0 Å². The third-order valence-electron chi connectivity index (χ3n) is 5.66. The first-order chi connectivity index (χ1) is 16.0. The number of amides is 1. The molecule has 0 unspecified atom stereocenters. The Balaban J connectivity index is 1.43. The Kier molecular flexibility index (Phi) is 10.1. The number of methoxy groups -OCH3 is 2. The van der Waals surface area contributed by atoms with Crippen molar-refractivity contribution >= 4 is 28.5 Å². The van der Waals surface area contributed by atoms with E-state index in [1.807, 2.05) is 17.8 Å². The summed E-state index contributed by atoms with van der Waals surface area (Å²) < 4.78 is 28.9. The highest BCUT2D eigenvalue weighted by molar-refractivity contribution is 7.99. The highest BCUT2D eigenvalue weighted by atomic mass is 32.2. The Labute approximate surface area is 202 Å². The van der Waals surface area contributed by atoms with Crippen LogP contribution in [0.4, 0.5) is 0 Å². The Morgan fingerprint density at radius 1 is 1.21 bits per heavy atom. The predicted molar refractivity (Wildman–Crippen MR) is 133 cm³/mol. The number of carbonyl (C=O) groups is 1. The van der Waals surface area contributed by atoms with Crippen molar-refractivity contribution < 1.29 is 22.9 Å². The molecule has 7 nitrogen and oxygen atoms in total. The maximum atomic E-state index is 12.5. The van der Waals surface area contributed by atoms with Gasteiger partial charge in [0.2, 0.25) is 11.8 Å². The molecule has 1 heterocycles. The fourth-order valence-electron chi connectivity index (χ4n) is 3.84. The van der Waals surface area contributed by atoms with E-state index >= 15 is 0 Å². The highest BCUT2D eigenvalue weighted by Gasteiger charge is 2.17. The monoisotopic (exact) mass is 494 g/mol. The Morgan fingerprint density at radius 2 is 1.97 bits per heavy atom. The second-order valence-electron chi connectivity index (χ2n) is 8.15. The van der Waals surface area contributed by atoms with E-state index in [1.54, 1.807) is 33.3 Å². The fraction of sp³-hybridized carbons (Fsp3) is 0.583. The van der Waals surface area contributed by atoms with Crippen molar-refractivity contribution in [3.05, 3.63) is 29.7 Å². The first-order valence-electron chi connectivity index (χ1n) is 11.4. The van der Waals surface area contributed by atoms with Crippen molar-refractivity contribution in [1.82, 2.24) is 10.3 Å². The van der Waals surface area contributed by atoms with Crippen molar-refractivity contribution in [2.24, 2.45) is 0 Å². The summed E-state index contributed by atoms with van der Waals surface area (Å²) in [6.07, 6.45) is 7.66. The number of thioether (sulfide) groups is 1. The van der Waals surface area contributed by atoms with E-state index < -0.39 is 10.8 Å². The lowest BCUT2D eigenvalue weighted by atomic mass is 10.0. The third-order valence-corrected chi connectivity index (χ3v) is 8.31. The summed E-state index contributed by atoms with van der Waals surface area (Å²) >= 11 is 2.03. The van der Waals surface area contributed by atoms with Crippen LogP contribution in [-0.4, -0.2) is 52.6 Å². The quantitative estimate of drug-likeness (QED) is 0.435. The molecular weight excluding hydrogens is 460 g/mol. The van der Waals surface area contributed by atoms with E-state index in [1.165, 1.54) is 32.1 Å². The van der Waals surface area contributed by atoms with Crippen LogP contribution in [0.15, 0.2) is 22.6 Å². The van der Waals surface area contributed by atoms with Gasteiger partial charge in [-0.1, -0.05) is 19.3 Å². The Hall–Kier alpha value is -2.00. The van der Waals surface area contributed by atoms with Crippen LogP contribution in [0, 0.1) is 6.92 Å². The second-order valence-corrected chi connectivity index (χ2v) is 11.0. The van der Waals surface area contributed by atoms with Gasteiger partial charge in [0.25, 0.3) is 0 Å². The number of carbonyl (C=O) groups excluding carboxylic acids is 1. The molecule has 2 aromatic rings. The number of nitrogens with zero attached hydrogens (tertiary/aromatic N) is 1.